The van der Waals surface area contributed by atoms with Crippen molar-refractivity contribution in [2.75, 3.05) is 11.9 Å². The maximum Gasteiger partial charge on any atom is 0.163 e. The van der Waals surface area contributed by atoms with Gasteiger partial charge in [0.1, 0.15) is 5.82 Å². The number of aromatic nitrogens is 3. The molecule has 0 unspecified atom stereocenters. The molecule has 4 nitrogen and oxygen atoms in total. The van der Waals surface area contributed by atoms with Crippen LogP contribution in [0.2, 0.25) is 0 Å². The van der Waals surface area contributed by atoms with Gasteiger partial charge in [0, 0.05) is 40.5 Å². The van der Waals surface area contributed by atoms with E-state index < -0.39 is 0 Å². The molecule has 0 N–H and O–H groups in total. The third kappa shape index (κ3) is 3.53. The molecule has 0 saturated heterocycles. The van der Waals surface area contributed by atoms with Crippen LogP contribution >= 0.6 is 22.6 Å². The lowest BCUT2D eigenvalue weighted by atomic mass is 10.1. The van der Waals surface area contributed by atoms with E-state index in [0.717, 1.165) is 28.8 Å². The molecule has 0 saturated carbocycles. The summed E-state index contributed by atoms with van der Waals surface area (Å²) < 4.78 is 1.17. The van der Waals surface area contributed by atoms with E-state index in [1.165, 1.54) is 9.13 Å². The molecular formula is C21H17IN4. The molecule has 0 fully saturated rings. The van der Waals surface area contributed by atoms with Gasteiger partial charge in [-0.3, -0.25) is 4.98 Å². The molecule has 0 aliphatic heterocycles. The third-order valence-corrected chi connectivity index (χ3v) is 4.85. The second-order valence-electron chi connectivity index (χ2n) is 6.12. The van der Waals surface area contributed by atoms with Crippen LogP contribution in [0.1, 0.15) is 5.56 Å². The number of halogens is 1. The fourth-order valence-electron chi connectivity index (χ4n) is 2.93. The minimum absolute atomic E-state index is 0.696. The van der Waals surface area contributed by atoms with E-state index in [1.807, 2.05) is 18.2 Å². The van der Waals surface area contributed by atoms with Crippen LogP contribution in [-0.2, 0) is 6.54 Å². The molecule has 2 heterocycles. The van der Waals surface area contributed by atoms with Crippen molar-refractivity contribution in [1.82, 2.24) is 15.0 Å². The summed E-state index contributed by atoms with van der Waals surface area (Å²) in [7, 11) is 2.07. The summed E-state index contributed by atoms with van der Waals surface area (Å²) in [5.74, 6) is 1.62. The van der Waals surface area contributed by atoms with Crippen LogP contribution in [0.5, 0.6) is 0 Å². The number of fused-ring (bicyclic) bond motifs is 1. The van der Waals surface area contributed by atoms with Gasteiger partial charge in [0.05, 0.1) is 5.52 Å². The van der Waals surface area contributed by atoms with Crippen LogP contribution in [0, 0.1) is 3.57 Å². The molecule has 5 heteroatoms. The zero-order chi connectivity index (χ0) is 17.9. The molecular weight excluding hydrogens is 435 g/mol. The monoisotopic (exact) mass is 452 g/mol. The Morgan fingerprint density at radius 2 is 1.81 bits per heavy atom. The minimum atomic E-state index is 0.696. The summed E-state index contributed by atoms with van der Waals surface area (Å²) in [6, 6.07) is 20.6. The van der Waals surface area contributed by atoms with Crippen LogP contribution in [-0.4, -0.2) is 22.0 Å². The standard InChI is InChI=1S/C21H17IN4/c1-26(14-15-6-3-2-4-7-15)21-18-12-17(22)9-10-19(18)24-20(25-21)16-8-5-11-23-13-16/h2-13H,14H2,1H3. The summed E-state index contributed by atoms with van der Waals surface area (Å²) in [6.45, 7) is 0.783. The lowest BCUT2D eigenvalue weighted by molar-refractivity contribution is 0.901. The van der Waals surface area contributed by atoms with E-state index >= 15 is 0 Å². The van der Waals surface area contributed by atoms with Gasteiger partial charge in [-0.2, -0.15) is 0 Å². The molecule has 0 aliphatic carbocycles. The number of anilines is 1. The van der Waals surface area contributed by atoms with E-state index in [0.29, 0.717) is 5.82 Å². The van der Waals surface area contributed by atoms with E-state index in [2.05, 4.69) is 82.0 Å². The van der Waals surface area contributed by atoms with Crippen molar-refractivity contribution in [3.05, 3.63) is 82.2 Å². The lowest BCUT2D eigenvalue weighted by Crippen LogP contribution is -2.18. The first kappa shape index (κ1) is 16.9. The zero-order valence-electron chi connectivity index (χ0n) is 14.3. The molecule has 128 valence electrons. The van der Waals surface area contributed by atoms with Gasteiger partial charge >= 0.3 is 0 Å². The second-order valence-corrected chi connectivity index (χ2v) is 7.36. The zero-order valence-corrected chi connectivity index (χ0v) is 16.5. The van der Waals surface area contributed by atoms with Crippen LogP contribution in [0.15, 0.2) is 73.1 Å². The number of benzene rings is 2. The summed E-state index contributed by atoms with van der Waals surface area (Å²) in [5.41, 5.74) is 3.10. The van der Waals surface area contributed by atoms with Crippen LogP contribution < -0.4 is 4.90 Å². The second kappa shape index (κ2) is 7.37. The van der Waals surface area contributed by atoms with Crippen molar-refractivity contribution in [2.45, 2.75) is 6.54 Å². The highest BCUT2D eigenvalue weighted by Crippen LogP contribution is 2.29. The Labute approximate surface area is 166 Å². The predicted molar refractivity (Wildman–Crippen MR) is 114 cm³/mol. The van der Waals surface area contributed by atoms with Gasteiger partial charge in [0.2, 0.25) is 0 Å². The fraction of sp³-hybridized carbons (Fsp3) is 0.0952. The number of hydrogen-bond acceptors (Lipinski definition) is 4. The lowest BCUT2D eigenvalue weighted by Gasteiger charge is -2.21. The fourth-order valence-corrected chi connectivity index (χ4v) is 3.42. The molecule has 2 aromatic carbocycles. The van der Waals surface area contributed by atoms with Crippen molar-refractivity contribution >= 4 is 39.3 Å². The van der Waals surface area contributed by atoms with Crippen molar-refractivity contribution in [1.29, 1.82) is 0 Å². The Morgan fingerprint density at radius 3 is 2.58 bits per heavy atom. The molecule has 4 rings (SSSR count). The highest BCUT2D eigenvalue weighted by Gasteiger charge is 2.14. The Bertz CT molecular complexity index is 1040. The maximum atomic E-state index is 4.88. The van der Waals surface area contributed by atoms with Gasteiger partial charge in [-0.1, -0.05) is 30.3 Å². The highest BCUT2D eigenvalue weighted by atomic mass is 127. The average molecular weight is 452 g/mol. The number of rotatable bonds is 4. The van der Waals surface area contributed by atoms with Gasteiger partial charge in [-0.15, -0.1) is 0 Å². The summed E-state index contributed by atoms with van der Waals surface area (Å²) in [4.78, 5) is 16.0. The predicted octanol–water partition coefficient (Wildman–Crippen LogP) is 4.93. The van der Waals surface area contributed by atoms with Crippen molar-refractivity contribution < 1.29 is 0 Å². The quantitative estimate of drug-likeness (QED) is 0.412. The topological polar surface area (TPSA) is 41.9 Å². The van der Waals surface area contributed by atoms with Gasteiger partial charge in [-0.05, 0) is 58.5 Å². The summed E-state index contributed by atoms with van der Waals surface area (Å²) >= 11 is 2.33. The van der Waals surface area contributed by atoms with E-state index in [4.69, 9.17) is 9.97 Å². The van der Waals surface area contributed by atoms with Gasteiger partial charge in [0.15, 0.2) is 5.82 Å². The largest absolute Gasteiger partial charge is 0.355 e. The molecule has 2 aromatic heterocycles. The summed E-state index contributed by atoms with van der Waals surface area (Å²) in [5, 5.41) is 1.06. The molecule has 4 aromatic rings. The van der Waals surface area contributed by atoms with E-state index in [1.54, 1.807) is 12.4 Å². The average Bonchev–Trinajstić information content (AvgIpc) is 2.68. The van der Waals surface area contributed by atoms with E-state index in [-0.39, 0.29) is 0 Å². The normalized spacial score (nSPS) is 10.8. The van der Waals surface area contributed by atoms with Gasteiger partial charge < -0.3 is 4.90 Å². The smallest absolute Gasteiger partial charge is 0.163 e. The third-order valence-electron chi connectivity index (χ3n) is 4.18. The molecule has 26 heavy (non-hydrogen) atoms. The van der Waals surface area contributed by atoms with Crippen molar-refractivity contribution in [3.8, 4) is 11.4 Å². The molecule has 0 spiro atoms. The van der Waals surface area contributed by atoms with Crippen LogP contribution in [0.3, 0.4) is 0 Å². The van der Waals surface area contributed by atoms with Crippen LogP contribution in [0.4, 0.5) is 5.82 Å². The van der Waals surface area contributed by atoms with Crippen molar-refractivity contribution in [3.63, 3.8) is 0 Å². The molecule has 0 aliphatic rings. The highest BCUT2D eigenvalue weighted by molar-refractivity contribution is 14.1. The maximum absolute atomic E-state index is 4.88. The number of nitrogens with zero attached hydrogens (tertiary/aromatic N) is 4. The van der Waals surface area contributed by atoms with Gasteiger partial charge in [-0.25, -0.2) is 9.97 Å². The Hall–Kier alpha value is -2.54. The Balaban J connectivity index is 1.84. The Morgan fingerprint density at radius 1 is 0.962 bits per heavy atom. The molecule has 0 radical (unpaired) electrons. The first-order valence-corrected chi connectivity index (χ1v) is 9.41. The Kier molecular flexibility index (Phi) is 4.79. The number of pyridine rings is 1. The van der Waals surface area contributed by atoms with Crippen molar-refractivity contribution in [2.24, 2.45) is 0 Å². The first-order chi connectivity index (χ1) is 12.7. The molecule has 0 amide bonds. The molecule has 0 bridgehead atoms. The van der Waals surface area contributed by atoms with E-state index in [9.17, 15) is 0 Å². The molecule has 0 atom stereocenters. The van der Waals surface area contributed by atoms with Gasteiger partial charge in [0.25, 0.3) is 0 Å². The number of hydrogen-bond donors (Lipinski definition) is 0. The first-order valence-electron chi connectivity index (χ1n) is 8.33. The van der Waals surface area contributed by atoms with Crippen LogP contribution in [0.25, 0.3) is 22.3 Å². The summed E-state index contributed by atoms with van der Waals surface area (Å²) in [6.07, 6.45) is 3.56. The minimum Gasteiger partial charge on any atom is -0.355 e. The SMILES string of the molecule is CN(Cc1ccccc1)c1nc(-c2cccnc2)nc2ccc(I)cc12.